The highest BCUT2D eigenvalue weighted by molar-refractivity contribution is 5.89. The summed E-state index contributed by atoms with van der Waals surface area (Å²) >= 11 is 0. The van der Waals surface area contributed by atoms with Crippen LogP contribution in [0.3, 0.4) is 0 Å². The standard InChI is InChI=1S/C16H27N3O2/c1-4-19(5-2)12-6-11-17-16(21)18-15-9-7-14(8-10-15)13(3)20/h7-10,13,20H,4-6,11-12H2,1-3H3,(H2,17,18,21). The summed E-state index contributed by atoms with van der Waals surface area (Å²) < 4.78 is 0. The summed E-state index contributed by atoms with van der Waals surface area (Å²) in [5.41, 5.74) is 1.56. The van der Waals surface area contributed by atoms with E-state index >= 15 is 0 Å². The van der Waals surface area contributed by atoms with Crippen molar-refractivity contribution < 1.29 is 9.90 Å². The van der Waals surface area contributed by atoms with Gasteiger partial charge in [-0.15, -0.1) is 0 Å². The number of rotatable bonds is 8. The molecule has 0 heterocycles. The van der Waals surface area contributed by atoms with E-state index in [4.69, 9.17) is 0 Å². The van der Waals surface area contributed by atoms with Crippen molar-refractivity contribution in [2.75, 3.05) is 31.5 Å². The highest BCUT2D eigenvalue weighted by atomic mass is 16.3. The zero-order chi connectivity index (χ0) is 15.7. The third kappa shape index (κ3) is 6.60. The molecule has 0 aromatic heterocycles. The third-order valence-corrected chi connectivity index (χ3v) is 3.48. The number of carbonyl (C=O) groups excluding carboxylic acids is 1. The number of benzene rings is 1. The highest BCUT2D eigenvalue weighted by Gasteiger charge is 2.04. The number of hydrogen-bond acceptors (Lipinski definition) is 3. The first-order valence-corrected chi connectivity index (χ1v) is 7.62. The fourth-order valence-electron chi connectivity index (χ4n) is 2.06. The van der Waals surface area contributed by atoms with Crippen LogP contribution in [0.2, 0.25) is 0 Å². The number of aliphatic hydroxyl groups excluding tert-OH is 1. The largest absolute Gasteiger partial charge is 0.389 e. The van der Waals surface area contributed by atoms with Gasteiger partial charge in [-0.2, -0.15) is 0 Å². The predicted molar refractivity (Wildman–Crippen MR) is 86.5 cm³/mol. The Morgan fingerprint density at radius 1 is 1.24 bits per heavy atom. The Morgan fingerprint density at radius 3 is 2.38 bits per heavy atom. The van der Waals surface area contributed by atoms with Crippen LogP contribution in [0.4, 0.5) is 10.5 Å². The SMILES string of the molecule is CCN(CC)CCCNC(=O)Nc1ccc(C(C)O)cc1. The molecular formula is C16H27N3O2. The maximum atomic E-state index is 11.7. The van der Waals surface area contributed by atoms with E-state index in [1.165, 1.54) is 0 Å². The molecule has 0 aliphatic heterocycles. The van der Waals surface area contributed by atoms with E-state index in [1.807, 2.05) is 0 Å². The molecule has 0 aliphatic rings. The van der Waals surface area contributed by atoms with Crippen molar-refractivity contribution in [1.29, 1.82) is 0 Å². The van der Waals surface area contributed by atoms with Gasteiger partial charge in [0.05, 0.1) is 6.10 Å². The van der Waals surface area contributed by atoms with E-state index in [9.17, 15) is 9.90 Å². The number of carbonyl (C=O) groups is 1. The van der Waals surface area contributed by atoms with E-state index in [-0.39, 0.29) is 6.03 Å². The van der Waals surface area contributed by atoms with Crippen LogP contribution in [-0.2, 0) is 0 Å². The summed E-state index contributed by atoms with van der Waals surface area (Å²) in [6.07, 6.45) is 0.448. The molecule has 3 N–H and O–H groups in total. The second-order valence-corrected chi connectivity index (χ2v) is 5.06. The van der Waals surface area contributed by atoms with Gasteiger partial charge in [-0.3, -0.25) is 0 Å². The number of hydrogen-bond donors (Lipinski definition) is 3. The van der Waals surface area contributed by atoms with Gasteiger partial charge >= 0.3 is 6.03 Å². The van der Waals surface area contributed by atoms with Gasteiger partial charge in [0.25, 0.3) is 0 Å². The lowest BCUT2D eigenvalue weighted by Gasteiger charge is -2.17. The van der Waals surface area contributed by atoms with Crippen LogP contribution in [0.1, 0.15) is 38.9 Å². The monoisotopic (exact) mass is 293 g/mol. The molecule has 0 fully saturated rings. The quantitative estimate of drug-likeness (QED) is 0.646. The highest BCUT2D eigenvalue weighted by Crippen LogP contribution is 2.15. The summed E-state index contributed by atoms with van der Waals surface area (Å²) in [6.45, 7) is 9.73. The topological polar surface area (TPSA) is 64.6 Å². The Hall–Kier alpha value is -1.59. The Bertz CT molecular complexity index is 414. The molecule has 5 nitrogen and oxygen atoms in total. The van der Waals surface area contributed by atoms with Gasteiger partial charge in [-0.1, -0.05) is 26.0 Å². The molecule has 5 heteroatoms. The van der Waals surface area contributed by atoms with Gasteiger partial charge in [-0.05, 0) is 50.7 Å². The lowest BCUT2D eigenvalue weighted by molar-refractivity contribution is 0.199. The third-order valence-electron chi connectivity index (χ3n) is 3.48. The van der Waals surface area contributed by atoms with E-state index < -0.39 is 6.10 Å². The lowest BCUT2D eigenvalue weighted by Crippen LogP contribution is -2.32. The first-order valence-electron chi connectivity index (χ1n) is 7.62. The molecule has 0 spiro atoms. The van der Waals surface area contributed by atoms with Gasteiger partial charge < -0.3 is 20.6 Å². The summed E-state index contributed by atoms with van der Waals surface area (Å²) in [5, 5.41) is 15.0. The lowest BCUT2D eigenvalue weighted by atomic mass is 10.1. The Balaban J connectivity index is 2.27. The zero-order valence-electron chi connectivity index (χ0n) is 13.2. The van der Waals surface area contributed by atoms with Crippen LogP contribution >= 0.6 is 0 Å². The smallest absolute Gasteiger partial charge is 0.319 e. The predicted octanol–water partition coefficient (Wildman–Crippen LogP) is 2.59. The van der Waals surface area contributed by atoms with E-state index in [2.05, 4.69) is 29.4 Å². The molecule has 0 radical (unpaired) electrons. The molecule has 21 heavy (non-hydrogen) atoms. The summed E-state index contributed by atoms with van der Waals surface area (Å²) in [5.74, 6) is 0. The molecule has 1 rings (SSSR count). The van der Waals surface area contributed by atoms with Crippen molar-refractivity contribution >= 4 is 11.7 Å². The van der Waals surface area contributed by atoms with Crippen LogP contribution in [0.15, 0.2) is 24.3 Å². The second kappa shape index (κ2) is 9.37. The minimum atomic E-state index is -0.493. The molecule has 1 aromatic rings. The maximum absolute atomic E-state index is 11.7. The zero-order valence-corrected chi connectivity index (χ0v) is 13.2. The van der Waals surface area contributed by atoms with Gasteiger partial charge in [0.15, 0.2) is 0 Å². The first-order chi connectivity index (χ1) is 10.1. The number of nitrogens with zero attached hydrogens (tertiary/aromatic N) is 1. The van der Waals surface area contributed by atoms with Crippen molar-refractivity contribution in [3.63, 3.8) is 0 Å². The molecule has 1 atom stereocenters. The van der Waals surface area contributed by atoms with Gasteiger partial charge in [0, 0.05) is 12.2 Å². The average molecular weight is 293 g/mol. The molecule has 0 saturated heterocycles. The molecular weight excluding hydrogens is 266 g/mol. The number of urea groups is 1. The van der Waals surface area contributed by atoms with Crippen LogP contribution in [-0.4, -0.2) is 42.2 Å². The van der Waals surface area contributed by atoms with Gasteiger partial charge in [-0.25, -0.2) is 4.79 Å². The normalized spacial score (nSPS) is 12.2. The van der Waals surface area contributed by atoms with Crippen molar-refractivity contribution in [3.05, 3.63) is 29.8 Å². The second-order valence-electron chi connectivity index (χ2n) is 5.06. The molecule has 1 unspecified atom stereocenters. The van der Waals surface area contributed by atoms with Crippen molar-refractivity contribution in [1.82, 2.24) is 10.2 Å². The fraction of sp³-hybridized carbons (Fsp3) is 0.562. The molecule has 0 aliphatic carbocycles. The molecule has 1 aromatic carbocycles. The summed E-state index contributed by atoms with van der Waals surface area (Å²) in [4.78, 5) is 14.1. The average Bonchev–Trinajstić information content (AvgIpc) is 2.48. The first kappa shape index (κ1) is 17.5. The molecule has 2 amide bonds. The maximum Gasteiger partial charge on any atom is 0.319 e. The van der Waals surface area contributed by atoms with Crippen LogP contribution in [0, 0.1) is 0 Å². The Morgan fingerprint density at radius 2 is 1.86 bits per heavy atom. The van der Waals surface area contributed by atoms with Gasteiger partial charge in [0.1, 0.15) is 0 Å². The molecule has 118 valence electrons. The van der Waals surface area contributed by atoms with E-state index in [0.717, 1.165) is 37.3 Å². The number of nitrogens with one attached hydrogen (secondary N) is 2. The van der Waals surface area contributed by atoms with Crippen molar-refractivity contribution in [2.45, 2.75) is 33.3 Å². The number of anilines is 1. The van der Waals surface area contributed by atoms with E-state index in [0.29, 0.717) is 6.54 Å². The minimum absolute atomic E-state index is 0.195. The Kier molecular flexibility index (Phi) is 7.79. The number of aliphatic hydroxyl groups is 1. The number of amides is 2. The van der Waals surface area contributed by atoms with Crippen LogP contribution < -0.4 is 10.6 Å². The summed E-state index contributed by atoms with van der Waals surface area (Å²) in [6, 6.07) is 7.00. The van der Waals surface area contributed by atoms with Crippen molar-refractivity contribution in [2.24, 2.45) is 0 Å². The minimum Gasteiger partial charge on any atom is -0.389 e. The fourth-order valence-corrected chi connectivity index (χ4v) is 2.06. The Labute approximate surface area is 127 Å². The van der Waals surface area contributed by atoms with Crippen LogP contribution in [0.5, 0.6) is 0 Å². The van der Waals surface area contributed by atoms with Crippen molar-refractivity contribution in [3.8, 4) is 0 Å². The molecule has 0 saturated carbocycles. The van der Waals surface area contributed by atoms with E-state index in [1.54, 1.807) is 31.2 Å². The van der Waals surface area contributed by atoms with Gasteiger partial charge in [0.2, 0.25) is 0 Å². The molecule has 0 bridgehead atoms. The summed E-state index contributed by atoms with van der Waals surface area (Å²) in [7, 11) is 0. The van der Waals surface area contributed by atoms with Crippen LogP contribution in [0.25, 0.3) is 0 Å².